The molecule has 3 heterocycles. The Morgan fingerprint density at radius 1 is 1.08 bits per heavy atom. The Balaban J connectivity index is 1.46. The van der Waals surface area contributed by atoms with Crippen molar-refractivity contribution in [2.24, 2.45) is 0 Å². The lowest BCUT2D eigenvalue weighted by Crippen LogP contribution is -2.15. The Kier molecular flexibility index (Phi) is 7.10. The smallest absolute Gasteiger partial charge is 0.264 e. The average Bonchev–Trinajstić information content (AvgIpc) is 3.53. The molecule has 39 heavy (non-hydrogen) atoms. The average molecular weight is 573 g/mol. The van der Waals surface area contributed by atoms with Crippen molar-refractivity contribution in [2.45, 2.75) is 37.2 Å². The summed E-state index contributed by atoms with van der Waals surface area (Å²) in [6.07, 6.45) is 1.48. The number of sulfonamides is 1. The van der Waals surface area contributed by atoms with Gasteiger partial charge in [-0.3, -0.25) is 0 Å². The molecule has 1 aliphatic heterocycles. The summed E-state index contributed by atoms with van der Waals surface area (Å²) in [6.45, 7) is 5.88. The van der Waals surface area contributed by atoms with E-state index in [2.05, 4.69) is 19.8 Å². The van der Waals surface area contributed by atoms with Crippen molar-refractivity contribution in [3.63, 3.8) is 0 Å². The summed E-state index contributed by atoms with van der Waals surface area (Å²) < 4.78 is 51.0. The van der Waals surface area contributed by atoms with Crippen LogP contribution in [0.25, 0.3) is 11.1 Å². The molecule has 0 radical (unpaired) electrons. The van der Waals surface area contributed by atoms with E-state index in [4.69, 9.17) is 30.3 Å². The molecule has 2 aromatic carbocycles. The van der Waals surface area contributed by atoms with Gasteiger partial charge in [0.25, 0.3) is 15.9 Å². The van der Waals surface area contributed by atoms with E-state index in [0.29, 0.717) is 22.1 Å². The number of hydrogen-bond donors (Lipinski definition) is 2. The SMILES string of the molecule is CC(C)(C)c1ccc(S(=O)(=O)Nc2onc(OCC(O)c3ncc(Cl)cn3)c2-c2ccc3c(c2)OCO3)cc1. The highest BCUT2D eigenvalue weighted by molar-refractivity contribution is 7.92. The van der Waals surface area contributed by atoms with E-state index in [1.807, 2.05) is 20.8 Å². The van der Waals surface area contributed by atoms with Crippen molar-refractivity contribution in [2.75, 3.05) is 18.1 Å². The van der Waals surface area contributed by atoms with Crippen LogP contribution >= 0.6 is 11.6 Å². The second-order valence-corrected chi connectivity index (χ2v) is 11.8. The van der Waals surface area contributed by atoms with Gasteiger partial charge in [0.15, 0.2) is 17.3 Å². The Hall–Kier alpha value is -3.87. The van der Waals surface area contributed by atoms with Crippen LogP contribution in [0.15, 0.2) is 64.3 Å². The molecule has 0 bridgehead atoms. The van der Waals surface area contributed by atoms with E-state index >= 15 is 0 Å². The van der Waals surface area contributed by atoms with Crippen molar-refractivity contribution in [1.82, 2.24) is 15.1 Å². The van der Waals surface area contributed by atoms with Crippen molar-refractivity contribution < 1.29 is 32.3 Å². The minimum Gasteiger partial charge on any atom is -0.472 e. The first-order valence-electron chi connectivity index (χ1n) is 11.8. The number of nitrogens with zero attached hydrogens (tertiary/aromatic N) is 3. The normalized spacial score (nSPS) is 13.8. The zero-order chi connectivity index (χ0) is 27.8. The molecule has 0 saturated carbocycles. The fourth-order valence-electron chi connectivity index (χ4n) is 3.79. The van der Waals surface area contributed by atoms with E-state index < -0.39 is 16.1 Å². The van der Waals surface area contributed by atoms with Gasteiger partial charge in [0.05, 0.1) is 9.92 Å². The van der Waals surface area contributed by atoms with Gasteiger partial charge in [-0.05, 0) is 46.0 Å². The van der Waals surface area contributed by atoms with Crippen LogP contribution in [0.3, 0.4) is 0 Å². The Labute approximate surface area is 229 Å². The predicted molar refractivity (Wildman–Crippen MR) is 142 cm³/mol. The molecule has 0 spiro atoms. The van der Waals surface area contributed by atoms with E-state index in [-0.39, 0.29) is 46.9 Å². The molecule has 0 saturated heterocycles. The van der Waals surface area contributed by atoms with Crippen molar-refractivity contribution in [3.05, 3.63) is 71.3 Å². The number of ether oxygens (including phenoxy) is 3. The molecule has 204 valence electrons. The molecule has 0 aliphatic carbocycles. The van der Waals surface area contributed by atoms with E-state index in [1.165, 1.54) is 24.5 Å². The third-order valence-corrected chi connectivity index (χ3v) is 7.44. The van der Waals surface area contributed by atoms with Crippen molar-refractivity contribution in [3.8, 4) is 28.5 Å². The zero-order valence-corrected chi connectivity index (χ0v) is 22.8. The van der Waals surface area contributed by atoms with Gasteiger partial charge in [-0.25, -0.2) is 23.1 Å². The zero-order valence-electron chi connectivity index (χ0n) is 21.2. The predicted octanol–water partition coefficient (Wildman–Crippen LogP) is 4.72. The fraction of sp³-hybridized carbons (Fsp3) is 0.269. The molecule has 0 amide bonds. The maximum atomic E-state index is 13.3. The van der Waals surface area contributed by atoms with E-state index in [0.717, 1.165) is 5.56 Å². The largest absolute Gasteiger partial charge is 0.472 e. The summed E-state index contributed by atoms with van der Waals surface area (Å²) in [5, 5.41) is 14.7. The number of anilines is 1. The summed E-state index contributed by atoms with van der Waals surface area (Å²) >= 11 is 5.81. The van der Waals surface area contributed by atoms with Crippen LogP contribution < -0.4 is 18.9 Å². The van der Waals surface area contributed by atoms with Crippen LogP contribution in [-0.2, 0) is 15.4 Å². The summed E-state index contributed by atoms with van der Waals surface area (Å²) in [6, 6.07) is 11.6. The third-order valence-electron chi connectivity index (χ3n) is 5.90. The van der Waals surface area contributed by atoms with Crippen molar-refractivity contribution in [1.29, 1.82) is 0 Å². The van der Waals surface area contributed by atoms with Crippen LogP contribution in [0, 0.1) is 0 Å². The molecular formula is C26H25ClN4O7S. The number of aliphatic hydroxyl groups is 1. The van der Waals surface area contributed by atoms with E-state index in [1.54, 1.807) is 30.3 Å². The number of hydrogen-bond acceptors (Lipinski definition) is 10. The van der Waals surface area contributed by atoms with Gasteiger partial charge >= 0.3 is 0 Å². The number of aliphatic hydroxyl groups excluding tert-OH is 1. The van der Waals surface area contributed by atoms with Crippen LogP contribution in [-0.4, -0.2) is 42.0 Å². The first kappa shape index (κ1) is 26.7. The standard InChI is InChI=1S/C26H25ClN4O7S/c1-26(2,3)16-5-7-18(8-6-16)39(33,34)31-25-22(15-4-9-20-21(10-15)37-14-36-20)24(30-38-25)35-13-19(32)23-28-11-17(27)12-29-23/h4-12,19,31-32H,13-14H2,1-3H3. The van der Waals surface area contributed by atoms with Crippen LogP contribution in [0.5, 0.6) is 17.4 Å². The van der Waals surface area contributed by atoms with E-state index in [9.17, 15) is 13.5 Å². The highest BCUT2D eigenvalue weighted by atomic mass is 35.5. The lowest BCUT2D eigenvalue weighted by molar-refractivity contribution is 0.0962. The highest BCUT2D eigenvalue weighted by Crippen LogP contribution is 2.43. The van der Waals surface area contributed by atoms with Gasteiger partial charge in [-0.1, -0.05) is 50.6 Å². The van der Waals surface area contributed by atoms with Gasteiger partial charge in [0.2, 0.25) is 12.7 Å². The summed E-state index contributed by atoms with van der Waals surface area (Å²) in [4.78, 5) is 8.00. The first-order chi connectivity index (χ1) is 18.5. The lowest BCUT2D eigenvalue weighted by Gasteiger charge is -2.19. The molecule has 4 aromatic rings. The molecule has 2 N–H and O–H groups in total. The molecule has 1 aliphatic rings. The number of benzene rings is 2. The maximum Gasteiger partial charge on any atom is 0.264 e. The highest BCUT2D eigenvalue weighted by Gasteiger charge is 2.27. The first-order valence-corrected chi connectivity index (χ1v) is 13.7. The third kappa shape index (κ3) is 5.77. The number of halogens is 1. The summed E-state index contributed by atoms with van der Waals surface area (Å²) in [5.74, 6) is 0.839. The topological polar surface area (TPSA) is 146 Å². The number of aromatic nitrogens is 3. The van der Waals surface area contributed by atoms with Gasteiger partial charge in [0.1, 0.15) is 18.3 Å². The molecule has 1 unspecified atom stereocenters. The summed E-state index contributed by atoms with van der Waals surface area (Å²) in [5.41, 5.74) is 1.53. The Morgan fingerprint density at radius 3 is 2.46 bits per heavy atom. The molecule has 5 rings (SSSR count). The number of rotatable bonds is 8. The van der Waals surface area contributed by atoms with Crippen LogP contribution in [0.2, 0.25) is 5.02 Å². The molecular weight excluding hydrogens is 548 g/mol. The monoisotopic (exact) mass is 572 g/mol. The second kappa shape index (κ2) is 10.4. The van der Waals surface area contributed by atoms with Crippen LogP contribution in [0.1, 0.15) is 38.3 Å². The lowest BCUT2D eigenvalue weighted by atomic mass is 9.87. The minimum absolute atomic E-state index is 0.0429. The van der Waals surface area contributed by atoms with Gasteiger partial charge in [-0.2, -0.15) is 0 Å². The van der Waals surface area contributed by atoms with Crippen LogP contribution in [0.4, 0.5) is 5.88 Å². The van der Waals surface area contributed by atoms with Gasteiger partial charge in [-0.15, -0.1) is 0 Å². The number of fused-ring (bicyclic) bond motifs is 1. The minimum atomic E-state index is -4.06. The quantitative estimate of drug-likeness (QED) is 0.304. The summed E-state index contributed by atoms with van der Waals surface area (Å²) in [7, 11) is -4.06. The fourth-order valence-corrected chi connectivity index (χ4v) is 4.89. The van der Waals surface area contributed by atoms with Gasteiger partial charge in [0, 0.05) is 12.4 Å². The molecule has 1 atom stereocenters. The van der Waals surface area contributed by atoms with Crippen molar-refractivity contribution >= 4 is 27.5 Å². The molecule has 0 fully saturated rings. The maximum absolute atomic E-state index is 13.3. The molecule has 13 heteroatoms. The Morgan fingerprint density at radius 2 is 1.77 bits per heavy atom. The second-order valence-electron chi connectivity index (χ2n) is 9.73. The Bertz CT molecular complexity index is 1580. The molecule has 2 aromatic heterocycles. The number of nitrogens with one attached hydrogen (secondary N) is 1. The van der Waals surface area contributed by atoms with Gasteiger partial charge < -0.3 is 23.8 Å². The molecule has 11 nitrogen and oxygen atoms in total.